The van der Waals surface area contributed by atoms with Crippen LogP contribution in [-0.4, -0.2) is 45.7 Å². The Balaban J connectivity index is 1.47. The number of aromatic nitrogens is 4. The van der Waals surface area contributed by atoms with Gasteiger partial charge in [-0.3, -0.25) is 0 Å². The number of sulfonamides is 1. The molecule has 150 valence electrons. The smallest absolute Gasteiger partial charge is 0.348 e. The first-order valence-corrected chi connectivity index (χ1v) is 11.3. The molecule has 0 aliphatic carbocycles. The number of nitrogens with zero attached hydrogens (tertiary/aromatic N) is 4. The monoisotopic (exact) mass is 423 g/mol. The average molecular weight is 424 g/mol. The van der Waals surface area contributed by atoms with Crippen LogP contribution in [0.4, 0.5) is 0 Å². The van der Waals surface area contributed by atoms with Crippen LogP contribution >= 0.6 is 11.3 Å². The van der Waals surface area contributed by atoms with Crippen LogP contribution in [0.5, 0.6) is 0 Å². The Hall–Kier alpha value is -2.24. The molecule has 0 radical (unpaired) electrons. The molecule has 0 atom stereocenters. The van der Waals surface area contributed by atoms with Gasteiger partial charge >= 0.3 is 5.69 Å². The third-order valence-corrected chi connectivity index (χ3v) is 8.08. The number of hydrogen-bond acceptors (Lipinski definition) is 7. The van der Waals surface area contributed by atoms with E-state index in [0.29, 0.717) is 49.6 Å². The van der Waals surface area contributed by atoms with Gasteiger partial charge in [0.25, 0.3) is 0 Å². The highest BCUT2D eigenvalue weighted by molar-refractivity contribution is 7.89. The van der Waals surface area contributed by atoms with Gasteiger partial charge in [-0.15, -0.1) is 11.3 Å². The van der Waals surface area contributed by atoms with Crippen molar-refractivity contribution in [3.63, 3.8) is 0 Å². The van der Waals surface area contributed by atoms with Gasteiger partial charge in [-0.1, -0.05) is 5.16 Å². The first kappa shape index (κ1) is 19.1. The van der Waals surface area contributed by atoms with Gasteiger partial charge in [0.05, 0.1) is 0 Å². The molecule has 0 saturated carbocycles. The molecule has 0 aromatic carbocycles. The van der Waals surface area contributed by atoms with Crippen molar-refractivity contribution < 1.29 is 12.9 Å². The maximum atomic E-state index is 12.9. The van der Waals surface area contributed by atoms with Gasteiger partial charge in [-0.2, -0.15) is 9.40 Å². The number of H-pyrrole nitrogens is 1. The first-order valence-electron chi connectivity index (χ1n) is 9.01. The molecule has 0 spiro atoms. The minimum atomic E-state index is -3.61. The molecular formula is C17H21N5O4S2. The third kappa shape index (κ3) is 3.33. The summed E-state index contributed by atoms with van der Waals surface area (Å²) in [5.41, 5.74) is 0.131. The quantitative estimate of drug-likeness (QED) is 0.670. The highest BCUT2D eigenvalue weighted by atomic mass is 32.2. The molecule has 4 rings (SSSR count). The van der Waals surface area contributed by atoms with Gasteiger partial charge in [0.15, 0.2) is 5.76 Å². The topological polar surface area (TPSA) is 114 Å². The van der Waals surface area contributed by atoms with Gasteiger partial charge in [0.2, 0.25) is 10.0 Å². The zero-order chi connectivity index (χ0) is 19.9. The molecule has 1 N–H and O–H groups in total. The average Bonchev–Trinajstić information content (AvgIpc) is 3.37. The lowest BCUT2D eigenvalue weighted by Crippen LogP contribution is -2.39. The van der Waals surface area contributed by atoms with Gasteiger partial charge in [-0.25, -0.2) is 22.9 Å². The van der Waals surface area contributed by atoms with Crippen molar-refractivity contribution in [3.05, 3.63) is 45.3 Å². The van der Waals surface area contributed by atoms with Crippen molar-refractivity contribution in [3.8, 4) is 5.00 Å². The van der Waals surface area contributed by atoms with E-state index in [1.165, 1.54) is 15.6 Å². The number of nitrogens with one attached hydrogen (secondary N) is 1. The molecule has 3 aromatic rings. The molecule has 1 aliphatic rings. The summed E-state index contributed by atoms with van der Waals surface area (Å²) in [5, 5.41) is 13.2. The van der Waals surface area contributed by atoms with Crippen LogP contribution < -0.4 is 5.69 Å². The zero-order valence-electron chi connectivity index (χ0n) is 15.6. The Bertz CT molecular complexity index is 1100. The molecule has 28 heavy (non-hydrogen) atoms. The van der Waals surface area contributed by atoms with E-state index in [2.05, 4.69) is 15.4 Å². The summed E-state index contributed by atoms with van der Waals surface area (Å²) in [4.78, 5) is 12.3. The number of piperidine rings is 1. The fourth-order valence-corrected chi connectivity index (χ4v) is 6.18. The maximum Gasteiger partial charge on any atom is 0.348 e. The third-order valence-electron chi connectivity index (χ3n) is 5.08. The van der Waals surface area contributed by atoms with Crippen LogP contribution in [0.15, 0.2) is 31.7 Å². The summed E-state index contributed by atoms with van der Waals surface area (Å²) >= 11 is 1.48. The predicted molar refractivity (Wildman–Crippen MR) is 103 cm³/mol. The normalized spacial score (nSPS) is 16.6. The Morgan fingerprint density at radius 3 is 2.68 bits per heavy atom. The molecule has 11 heteroatoms. The zero-order valence-corrected chi connectivity index (χ0v) is 17.2. The van der Waals surface area contributed by atoms with Crippen molar-refractivity contribution in [1.82, 2.24) is 24.2 Å². The Morgan fingerprint density at radius 1 is 1.32 bits per heavy atom. The summed E-state index contributed by atoms with van der Waals surface area (Å²) in [7, 11) is -3.61. The van der Waals surface area contributed by atoms with E-state index in [9.17, 15) is 13.2 Å². The fraction of sp³-hybridized carbons (Fsp3) is 0.471. The maximum absolute atomic E-state index is 12.9. The number of hydrogen-bond donors (Lipinski definition) is 1. The van der Waals surface area contributed by atoms with Crippen LogP contribution in [-0.2, 0) is 16.4 Å². The van der Waals surface area contributed by atoms with E-state index < -0.39 is 10.0 Å². The van der Waals surface area contributed by atoms with E-state index in [0.717, 1.165) is 5.00 Å². The Morgan fingerprint density at radius 2 is 2.07 bits per heavy atom. The summed E-state index contributed by atoms with van der Waals surface area (Å²) in [6.07, 6.45) is 2.03. The van der Waals surface area contributed by atoms with Crippen LogP contribution in [0, 0.1) is 19.8 Å². The summed E-state index contributed by atoms with van der Waals surface area (Å²) in [6.45, 7) is 4.09. The lowest BCUT2D eigenvalue weighted by Gasteiger charge is -2.30. The molecule has 9 nitrogen and oxygen atoms in total. The van der Waals surface area contributed by atoms with Crippen molar-refractivity contribution in [2.75, 3.05) is 13.1 Å². The van der Waals surface area contributed by atoms with Crippen molar-refractivity contribution in [1.29, 1.82) is 0 Å². The Labute approximate surface area is 166 Å². The SMILES string of the molecule is Cc1noc(C)c1S(=O)(=O)N1CCC(Cc2n[nH]c(=O)n2-c2cccs2)CC1. The van der Waals surface area contributed by atoms with Gasteiger partial charge < -0.3 is 4.52 Å². The second-order valence-corrected chi connectivity index (χ2v) is 9.74. The van der Waals surface area contributed by atoms with E-state index >= 15 is 0 Å². The second kappa shape index (κ2) is 7.30. The number of rotatable bonds is 5. The number of thiophene rings is 1. The molecular weight excluding hydrogens is 402 g/mol. The lowest BCUT2D eigenvalue weighted by atomic mass is 9.94. The number of aromatic amines is 1. The fourth-order valence-electron chi connectivity index (χ4n) is 3.67. The van der Waals surface area contributed by atoms with Gasteiger partial charge in [0, 0.05) is 19.5 Å². The van der Waals surface area contributed by atoms with Crippen molar-refractivity contribution in [2.45, 2.75) is 38.0 Å². The van der Waals surface area contributed by atoms with Crippen LogP contribution in [0.2, 0.25) is 0 Å². The van der Waals surface area contributed by atoms with Gasteiger partial charge in [-0.05, 0) is 50.1 Å². The molecule has 0 amide bonds. The predicted octanol–water partition coefficient (Wildman–Crippen LogP) is 1.87. The number of aryl methyl sites for hydroxylation is 2. The van der Waals surface area contributed by atoms with Crippen molar-refractivity contribution >= 4 is 21.4 Å². The van der Waals surface area contributed by atoms with Crippen LogP contribution in [0.1, 0.15) is 30.1 Å². The molecule has 4 heterocycles. The summed E-state index contributed by atoms with van der Waals surface area (Å²) in [6, 6.07) is 3.77. The van der Waals surface area contributed by atoms with Crippen molar-refractivity contribution in [2.24, 2.45) is 5.92 Å². The lowest BCUT2D eigenvalue weighted by molar-refractivity contribution is 0.269. The van der Waals surface area contributed by atoms with Gasteiger partial charge in [0.1, 0.15) is 21.4 Å². The molecule has 0 unspecified atom stereocenters. The van der Waals surface area contributed by atoms with Crippen LogP contribution in [0.25, 0.3) is 5.00 Å². The van der Waals surface area contributed by atoms with E-state index in [4.69, 9.17) is 4.52 Å². The van der Waals surface area contributed by atoms with E-state index in [1.807, 2.05) is 17.5 Å². The minimum Gasteiger partial charge on any atom is -0.360 e. The largest absolute Gasteiger partial charge is 0.360 e. The Kier molecular flexibility index (Phi) is 4.98. The van der Waals surface area contributed by atoms with E-state index in [1.54, 1.807) is 18.4 Å². The molecule has 1 fully saturated rings. The molecule has 1 aliphatic heterocycles. The minimum absolute atomic E-state index is 0.171. The van der Waals surface area contributed by atoms with Crippen LogP contribution in [0.3, 0.4) is 0 Å². The molecule has 0 bridgehead atoms. The summed E-state index contributed by atoms with van der Waals surface area (Å²) in [5.74, 6) is 1.25. The molecule has 1 saturated heterocycles. The molecule has 3 aromatic heterocycles. The standard InChI is InChI=1S/C17H21N5O4S2/c1-11-16(12(2)26-20-11)28(24,25)21-7-5-13(6-8-21)10-14-18-19-17(23)22(14)15-4-3-9-27-15/h3-4,9,13H,5-8,10H2,1-2H3,(H,19,23). The first-order chi connectivity index (χ1) is 13.4. The van der Waals surface area contributed by atoms with E-state index in [-0.39, 0.29) is 16.5 Å². The highest BCUT2D eigenvalue weighted by Gasteiger charge is 2.34. The summed E-state index contributed by atoms with van der Waals surface area (Å²) < 4.78 is 34.0. The highest BCUT2D eigenvalue weighted by Crippen LogP contribution is 2.29. The second-order valence-electron chi connectivity index (χ2n) is 6.94.